The third-order valence-electron chi connectivity index (χ3n) is 3.76. The maximum Gasteiger partial charge on any atom is 0.225 e. The summed E-state index contributed by atoms with van der Waals surface area (Å²) in [5, 5.41) is 1.19. The molecule has 4 nitrogen and oxygen atoms in total. The van der Waals surface area contributed by atoms with E-state index >= 15 is 0 Å². The molecule has 0 spiro atoms. The molecule has 1 aromatic rings. The van der Waals surface area contributed by atoms with Crippen molar-refractivity contribution in [1.29, 1.82) is 0 Å². The largest absolute Gasteiger partial charge is 0.333 e. The fraction of sp³-hybridized carbons (Fsp3) is 0.467. The van der Waals surface area contributed by atoms with Crippen molar-refractivity contribution in [1.82, 2.24) is 4.90 Å². The van der Waals surface area contributed by atoms with Crippen LogP contribution in [0.5, 0.6) is 0 Å². The summed E-state index contributed by atoms with van der Waals surface area (Å²) in [6.07, 6.45) is 2.12. The van der Waals surface area contributed by atoms with Crippen LogP contribution in [0.4, 0.5) is 10.1 Å². The first-order valence-corrected chi connectivity index (χ1v) is 8.52. The minimum absolute atomic E-state index is 0.126. The molecule has 1 aliphatic heterocycles. The van der Waals surface area contributed by atoms with Gasteiger partial charge in [0.25, 0.3) is 0 Å². The molecule has 0 bridgehead atoms. The lowest BCUT2D eigenvalue weighted by Gasteiger charge is -2.33. The smallest absolute Gasteiger partial charge is 0.225 e. The number of hydrogen-bond acceptors (Lipinski definition) is 3. The van der Waals surface area contributed by atoms with E-state index < -0.39 is 5.82 Å². The molecule has 0 radical (unpaired) electrons. The van der Waals surface area contributed by atoms with Gasteiger partial charge >= 0.3 is 0 Å². The van der Waals surface area contributed by atoms with Crippen LogP contribution >= 0.6 is 23.4 Å². The summed E-state index contributed by atoms with van der Waals surface area (Å²) in [6.45, 7) is 1.49. The average Bonchev–Trinajstić information content (AvgIpc) is 3.19. The van der Waals surface area contributed by atoms with E-state index in [1.54, 1.807) is 22.7 Å². The Balaban J connectivity index is 1.90. The third-order valence-corrected chi connectivity index (χ3v) is 5.18. The quantitative estimate of drug-likeness (QED) is 0.845. The molecule has 0 aromatic heterocycles. The van der Waals surface area contributed by atoms with Crippen LogP contribution in [-0.2, 0) is 4.79 Å². The van der Waals surface area contributed by atoms with Crippen molar-refractivity contribution in [2.45, 2.75) is 32.0 Å². The highest BCUT2D eigenvalue weighted by atomic mass is 35.5. The number of halogens is 2. The second-order valence-corrected chi connectivity index (χ2v) is 6.92. The molecule has 1 atom stereocenters. The van der Waals surface area contributed by atoms with Gasteiger partial charge in [-0.1, -0.05) is 23.4 Å². The van der Waals surface area contributed by atoms with Gasteiger partial charge in [0.15, 0.2) is 5.17 Å². The van der Waals surface area contributed by atoms with Crippen molar-refractivity contribution in [3.8, 4) is 0 Å². The summed E-state index contributed by atoms with van der Waals surface area (Å²) in [6, 6.07) is 4.53. The Labute approximate surface area is 138 Å². The molecular weight excluding hydrogens is 325 g/mol. The number of amides is 1. The molecule has 0 N–H and O–H groups in total. The summed E-state index contributed by atoms with van der Waals surface area (Å²) < 4.78 is 13.3. The van der Waals surface area contributed by atoms with Crippen LogP contribution in [0.3, 0.4) is 0 Å². The number of amidine groups is 1. The minimum atomic E-state index is -0.414. The number of hydrogen-bond donors (Lipinski definition) is 0. The molecule has 118 valence electrons. The van der Waals surface area contributed by atoms with E-state index in [0.717, 1.165) is 23.8 Å². The van der Waals surface area contributed by atoms with E-state index in [1.807, 2.05) is 11.9 Å². The lowest BCUT2D eigenvalue weighted by molar-refractivity contribution is -0.117. The number of carbonyl (C=O) groups excluding carboxylic acids is 1. The maximum atomic E-state index is 13.3. The Kier molecular flexibility index (Phi) is 4.32. The molecule has 1 heterocycles. The summed E-state index contributed by atoms with van der Waals surface area (Å²) in [4.78, 5) is 20.4. The van der Waals surface area contributed by atoms with Gasteiger partial charge in [0.05, 0.1) is 16.8 Å². The van der Waals surface area contributed by atoms with E-state index in [-0.39, 0.29) is 17.1 Å². The highest BCUT2D eigenvalue weighted by Crippen LogP contribution is 2.35. The van der Waals surface area contributed by atoms with E-state index in [1.165, 1.54) is 19.1 Å². The molecule has 1 unspecified atom stereocenters. The Morgan fingerprint density at radius 1 is 1.50 bits per heavy atom. The van der Waals surface area contributed by atoms with Crippen LogP contribution < -0.4 is 4.90 Å². The first-order valence-electron chi connectivity index (χ1n) is 7.15. The third kappa shape index (κ3) is 3.08. The number of aliphatic imine (C=N–C) groups is 1. The Morgan fingerprint density at radius 3 is 2.82 bits per heavy atom. The molecule has 1 aliphatic carbocycles. The van der Waals surface area contributed by atoms with Crippen molar-refractivity contribution in [2.75, 3.05) is 17.7 Å². The van der Waals surface area contributed by atoms with Gasteiger partial charge in [-0.15, -0.1) is 0 Å². The standard InChI is InChI=1S/C15H17ClFN3OS/c1-9(21)20(13-6-3-10(17)7-12(13)16)14-8-22-15(19(14)2)18-11-4-5-11/h3,6-7,11,14H,4-5,8H2,1-2H3. The molecule has 1 aromatic carbocycles. The van der Waals surface area contributed by atoms with Gasteiger partial charge in [-0.2, -0.15) is 0 Å². The molecule has 1 amide bonds. The summed E-state index contributed by atoms with van der Waals surface area (Å²) >= 11 is 7.78. The number of thioether (sulfide) groups is 1. The zero-order valence-corrected chi connectivity index (χ0v) is 14.0. The minimum Gasteiger partial charge on any atom is -0.333 e. The van der Waals surface area contributed by atoms with Gasteiger partial charge in [-0.05, 0) is 31.0 Å². The predicted molar refractivity (Wildman–Crippen MR) is 89.0 cm³/mol. The van der Waals surface area contributed by atoms with Crippen molar-refractivity contribution in [3.05, 3.63) is 29.0 Å². The van der Waals surface area contributed by atoms with Crippen LogP contribution in [0, 0.1) is 5.82 Å². The van der Waals surface area contributed by atoms with E-state index in [2.05, 4.69) is 4.99 Å². The summed E-state index contributed by atoms with van der Waals surface area (Å²) in [5.74, 6) is 0.177. The van der Waals surface area contributed by atoms with Gasteiger partial charge in [-0.25, -0.2) is 4.39 Å². The SMILES string of the molecule is CC(=O)N(c1ccc(F)cc1Cl)C1CSC(=NC2CC2)N1C. The van der Waals surface area contributed by atoms with E-state index in [9.17, 15) is 9.18 Å². The van der Waals surface area contributed by atoms with Crippen LogP contribution in [0.2, 0.25) is 5.02 Å². The molecule has 1 saturated carbocycles. The second kappa shape index (κ2) is 6.08. The lowest BCUT2D eigenvalue weighted by atomic mass is 10.2. The van der Waals surface area contributed by atoms with Crippen molar-refractivity contribution >= 4 is 40.1 Å². The Hall–Kier alpha value is -1.27. The number of nitrogens with zero attached hydrogens (tertiary/aromatic N) is 3. The van der Waals surface area contributed by atoms with Crippen LogP contribution in [0.1, 0.15) is 19.8 Å². The molecule has 2 aliphatic rings. The zero-order valence-electron chi connectivity index (χ0n) is 12.4. The first kappa shape index (κ1) is 15.6. The number of rotatable bonds is 3. The highest BCUT2D eigenvalue weighted by Gasteiger charge is 2.36. The number of carbonyl (C=O) groups is 1. The maximum absolute atomic E-state index is 13.3. The van der Waals surface area contributed by atoms with Crippen molar-refractivity contribution in [3.63, 3.8) is 0 Å². The Morgan fingerprint density at radius 2 is 2.23 bits per heavy atom. The normalized spacial score (nSPS) is 23.2. The highest BCUT2D eigenvalue weighted by molar-refractivity contribution is 8.14. The van der Waals surface area contributed by atoms with Gasteiger partial charge in [0.1, 0.15) is 12.0 Å². The summed E-state index contributed by atoms with van der Waals surface area (Å²) in [5.41, 5.74) is 0.528. The van der Waals surface area contributed by atoms with Crippen molar-refractivity contribution < 1.29 is 9.18 Å². The van der Waals surface area contributed by atoms with Gasteiger partial charge in [0, 0.05) is 19.7 Å². The van der Waals surface area contributed by atoms with Crippen molar-refractivity contribution in [2.24, 2.45) is 4.99 Å². The van der Waals surface area contributed by atoms with Gasteiger partial charge in [0.2, 0.25) is 5.91 Å². The molecule has 7 heteroatoms. The van der Waals surface area contributed by atoms with Crippen LogP contribution in [-0.4, -0.2) is 41.0 Å². The van der Waals surface area contributed by atoms with Crippen LogP contribution in [0.25, 0.3) is 0 Å². The monoisotopic (exact) mass is 341 g/mol. The van der Waals surface area contributed by atoms with Gasteiger partial charge in [-0.3, -0.25) is 14.7 Å². The Bertz CT molecular complexity index is 635. The average molecular weight is 342 g/mol. The van der Waals surface area contributed by atoms with E-state index in [4.69, 9.17) is 11.6 Å². The molecule has 2 fully saturated rings. The van der Waals surface area contributed by atoms with E-state index in [0.29, 0.717) is 11.7 Å². The molecule has 3 rings (SSSR count). The summed E-state index contributed by atoms with van der Waals surface area (Å²) in [7, 11) is 1.93. The first-order chi connectivity index (χ1) is 10.5. The predicted octanol–water partition coefficient (Wildman–Crippen LogP) is 3.36. The molecular formula is C15H17ClFN3OS. The van der Waals surface area contributed by atoms with Gasteiger partial charge < -0.3 is 4.90 Å². The zero-order chi connectivity index (χ0) is 15.9. The fourth-order valence-electron chi connectivity index (χ4n) is 2.44. The fourth-order valence-corrected chi connectivity index (χ4v) is 3.92. The topological polar surface area (TPSA) is 35.9 Å². The second-order valence-electron chi connectivity index (χ2n) is 5.53. The van der Waals surface area contributed by atoms with Crippen LogP contribution in [0.15, 0.2) is 23.2 Å². The number of benzene rings is 1. The molecule has 1 saturated heterocycles. The molecule has 22 heavy (non-hydrogen) atoms. The number of anilines is 1. The lowest BCUT2D eigenvalue weighted by Crippen LogP contribution is -2.48.